The van der Waals surface area contributed by atoms with Crippen LogP contribution in [0.3, 0.4) is 0 Å². The van der Waals surface area contributed by atoms with Crippen LogP contribution in [-0.2, 0) is 15.8 Å². The Hall–Kier alpha value is -4.17. The number of rotatable bonds is 6. The van der Waals surface area contributed by atoms with Gasteiger partial charge >= 0.3 is 6.18 Å². The largest absolute Gasteiger partial charge is 0.497 e. The highest BCUT2D eigenvalue weighted by Crippen LogP contribution is 2.35. The van der Waals surface area contributed by atoms with Gasteiger partial charge in [0.15, 0.2) is 5.13 Å². The number of hydrogen-bond acceptors (Lipinski definition) is 6. The predicted molar refractivity (Wildman–Crippen MR) is 122 cm³/mol. The van der Waals surface area contributed by atoms with Crippen LogP contribution in [0.2, 0.25) is 0 Å². The van der Waals surface area contributed by atoms with E-state index in [1.165, 1.54) is 36.4 Å². The molecule has 0 saturated carbocycles. The summed E-state index contributed by atoms with van der Waals surface area (Å²) in [6, 6.07) is 12.8. The standard InChI is InChI=1S/C23H17F3N4O3S/c1-14(31)30(17-7-9-18(33-2)10-8-17)22-28-16(13-34-22)11-15(12-27)21(32)29-20-6-4-3-5-19(20)23(24,25)26/h3-11,13H,1-2H3,(H,29,32)/b15-11+. The minimum atomic E-state index is -4.68. The Morgan fingerprint density at radius 3 is 2.44 bits per heavy atom. The van der Waals surface area contributed by atoms with Crippen molar-refractivity contribution in [3.8, 4) is 11.8 Å². The lowest BCUT2D eigenvalue weighted by atomic mass is 10.1. The minimum Gasteiger partial charge on any atom is -0.497 e. The van der Waals surface area contributed by atoms with E-state index in [4.69, 9.17) is 4.74 Å². The van der Waals surface area contributed by atoms with Crippen LogP contribution in [0.5, 0.6) is 5.75 Å². The van der Waals surface area contributed by atoms with Gasteiger partial charge in [-0.15, -0.1) is 11.3 Å². The summed E-state index contributed by atoms with van der Waals surface area (Å²) >= 11 is 1.09. The van der Waals surface area contributed by atoms with Gasteiger partial charge in [-0.05, 0) is 42.5 Å². The fourth-order valence-electron chi connectivity index (χ4n) is 2.93. The Bertz CT molecular complexity index is 1280. The number of aromatic nitrogens is 1. The number of carbonyl (C=O) groups is 2. The second-order valence-electron chi connectivity index (χ2n) is 6.77. The zero-order valence-corrected chi connectivity index (χ0v) is 18.7. The summed E-state index contributed by atoms with van der Waals surface area (Å²) in [5.41, 5.74) is -1.24. The van der Waals surface area contributed by atoms with E-state index in [0.717, 1.165) is 29.5 Å². The molecule has 0 aliphatic carbocycles. The van der Waals surface area contributed by atoms with E-state index in [0.29, 0.717) is 11.4 Å². The number of nitrogens with zero attached hydrogens (tertiary/aromatic N) is 3. The molecule has 1 aromatic heterocycles. The second kappa shape index (κ2) is 10.2. The first-order valence-corrected chi connectivity index (χ1v) is 10.5. The number of anilines is 3. The zero-order chi connectivity index (χ0) is 24.9. The van der Waals surface area contributed by atoms with Crippen molar-refractivity contribution < 1.29 is 27.5 Å². The monoisotopic (exact) mass is 486 g/mol. The third-order valence-corrected chi connectivity index (χ3v) is 5.33. The van der Waals surface area contributed by atoms with Gasteiger partial charge in [0.2, 0.25) is 5.91 Å². The first-order valence-electron chi connectivity index (χ1n) is 9.63. The number of benzene rings is 2. The van der Waals surface area contributed by atoms with Crippen molar-refractivity contribution >= 4 is 45.7 Å². The molecule has 0 aliphatic rings. The summed E-state index contributed by atoms with van der Waals surface area (Å²) in [5.74, 6) is -0.740. The van der Waals surface area contributed by atoms with Gasteiger partial charge in [0.05, 0.1) is 29.7 Å². The Kier molecular flexibility index (Phi) is 7.33. The molecule has 3 rings (SSSR count). The van der Waals surface area contributed by atoms with E-state index < -0.39 is 28.9 Å². The molecule has 11 heteroatoms. The van der Waals surface area contributed by atoms with Crippen LogP contribution >= 0.6 is 11.3 Å². The molecule has 0 bridgehead atoms. The van der Waals surface area contributed by atoms with Crippen molar-refractivity contribution in [1.29, 1.82) is 5.26 Å². The van der Waals surface area contributed by atoms with Crippen molar-refractivity contribution in [2.24, 2.45) is 0 Å². The molecule has 0 atom stereocenters. The zero-order valence-electron chi connectivity index (χ0n) is 17.9. The highest BCUT2D eigenvalue weighted by Gasteiger charge is 2.33. The quantitative estimate of drug-likeness (QED) is 0.372. The molecule has 2 amide bonds. The topological polar surface area (TPSA) is 95.3 Å². The van der Waals surface area contributed by atoms with Gasteiger partial charge in [0.1, 0.15) is 17.4 Å². The Balaban J connectivity index is 1.87. The number of methoxy groups -OCH3 is 1. The van der Waals surface area contributed by atoms with Gasteiger partial charge in [0, 0.05) is 12.3 Å². The van der Waals surface area contributed by atoms with Crippen LogP contribution in [0.25, 0.3) is 6.08 Å². The average Bonchev–Trinajstić information content (AvgIpc) is 3.25. The SMILES string of the molecule is COc1ccc(N(C(C)=O)c2nc(/C=C(\C#N)C(=O)Nc3ccccc3C(F)(F)F)cs2)cc1. The van der Waals surface area contributed by atoms with E-state index in [1.54, 1.807) is 30.3 Å². The van der Waals surface area contributed by atoms with Gasteiger partial charge in [-0.1, -0.05) is 12.1 Å². The summed E-state index contributed by atoms with van der Waals surface area (Å²) in [6.07, 6.45) is -3.54. The van der Waals surface area contributed by atoms with Crippen LogP contribution in [-0.4, -0.2) is 23.9 Å². The number of thiazole rings is 1. The lowest BCUT2D eigenvalue weighted by Crippen LogP contribution is -2.22. The third kappa shape index (κ3) is 5.60. The van der Waals surface area contributed by atoms with Gasteiger partial charge < -0.3 is 10.1 Å². The van der Waals surface area contributed by atoms with Crippen molar-refractivity contribution in [2.45, 2.75) is 13.1 Å². The number of nitrogens with one attached hydrogen (secondary N) is 1. The van der Waals surface area contributed by atoms with Crippen molar-refractivity contribution in [1.82, 2.24) is 4.98 Å². The Labute approximate surface area is 196 Å². The van der Waals surface area contributed by atoms with Crippen molar-refractivity contribution in [3.63, 3.8) is 0 Å². The number of amides is 2. The van der Waals surface area contributed by atoms with Crippen LogP contribution in [0.15, 0.2) is 59.5 Å². The molecule has 3 aromatic rings. The number of nitriles is 1. The molecule has 174 valence electrons. The van der Waals surface area contributed by atoms with E-state index in [9.17, 15) is 28.0 Å². The number of carbonyl (C=O) groups excluding carboxylic acids is 2. The minimum absolute atomic E-state index is 0.190. The van der Waals surface area contributed by atoms with E-state index in [2.05, 4.69) is 10.3 Å². The van der Waals surface area contributed by atoms with Crippen LogP contribution in [0.1, 0.15) is 18.2 Å². The average molecular weight is 486 g/mol. The molecule has 0 unspecified atom stereocenters. The first kappa shape index (κ1) is 24.5. The normalized spacial score (nSPS) is 11.5. The summed E-state index contributed by atoms with van der Waals surface area (Å²) in [5, 5.41) is 13.3. The van der Waals surface area contributed by atoms with Crippen LogP contribution in [0, 0.1) is 11.3 Å². The van der Waals surface area contributed by atoms with Crippen LogP contribution in [0.4, 0.5) is 29.7 Å². The predicted octanol–water partition coefficient (Wildman–Crippen LogP) is 5.40. The molecule has 2 aromatic carbocycles. The fraction of sp³-hybridized carbons (Fsp3) is 0.130. The molecule has 0 radical (unpaired) electrons. The Morgan fingerprint density at radius 2 is 1.85 bits per heavy atom. The van der Waals surface area contributed by atoms with Gasteiger partial charge in [0.25, 0.3) is 5.91 Å². The molecule has 0 spiro atoms. The lowest BCUT2D eigenvalue weighted by molar-refractivity contribution is -0.137. The first-order chi connectivity index (χ1) is 16.1. The highest BCUT2D eigenvalue weighted by molar-refractivity contribution is 7.14. The maximum atomic E-state index is 13.2. The molecular formula is C23H17F3N4O3S. The third-order valence-electron chi connectivity index (χ3n) is 4.48. The van der Waals surface area contributed by atoms with Gasteiger partial charge in [-0.25, -0.2) is 4.98 Å². The summed E-state index contributed by atoms with van der Waals surface area (Å²) in [6.45, 7) is 1.35. The maximum absolute atomic E-state index is 13.2. The maximum Gasteiger partial charge on any atom is 0.418 e. The molecule has 34 heavy (non-hydrogen) atoms. The molecule has 0 fully saturated rings. The number of hydrogen-bond donors (Lipinski definition) is 1. The van der Waals surface area contributed by atoms with E-state index in [1.807, 2.05) is 0 Å². The van der Waals surface area contributed by atoms with Crippen molar-refractivity contribution in [2.75, 3.05) is 17.3 Å². The lowest BCUT2D eigenvalue weighted by Gasteiger charge is -2.18. The molecular weight excluding hydrogens is 469 g/mol. The summed E-state index contributed by atoms with van der Waals surface area (Å²) < 4.78 is 44.6. The fourth-order valence-corrected chi connectivity index (χ4v) is 3.77. The number of alkyl halides is 3. The second-order valence-corrected chi connectivity index (χ2v) is 7.61. The Morgan fingerprint density at radius 1 is 1.18 bits per heavy atom. The number of para-hydroxylation sites is 1. The summed E-state index contributed by atoms with van der Waals surface area (Å²) in [4.78, 5) is 30.4. The molecule has 0 saturated heterocycles. The molecule has 0 aliphatic heterocycles. The van der Waals surface area contributed by atoms with Gasteiger partial charge in [-0.3, -0.25) is 14.5 Å². The van der Waals surface area contributed by atoms with Crippen molar-refractivity contribution in [3.05, 3.63) is 70.7 Å². The molecule has 1 heterocycles. The molecule has 7 nitrogen and oxygen atoms in total. The van der Waals surface area contributed by atoms with Gasteiger partial charge in [-0.2, -0.15) is 18.4 Å². The van der Waals surface area contributed by atoms with E-state index in [-0.39, 0.29) is 16.7 Å². The van der Waals surface area contributed by atoms with Crippen LogP contribution < -0.4 is 15.0 Å². The number of halogens is 3. The molecule has 1 N–H and O–H groups in total. The number of ether oxygens (including phenoxy) is 1. The van der Waals surface area contributed by atoms with E-state index >= 15 is 0 Å². The highest BCUT2D eigenvalue weighted by atomic mass is 32.1. The summed E-state index contributed by atoms with van der Waals surface area (Å²) in [7, 11) is 1.52. The smallest absolute Gasteiger partial charge is 0.418 e.